The second-order valence-electron chi connectivity index (χ2n) is 10.6. The van der Waals surface area contributed by atoms with Gasteiger partial charge in [0.15, 0.2) is 17.9 Å². The zero-order chi connectivity index (χ0) is 33.8. The quantitative estimate of drug-likeness (QED) is 0.0445. The summed E-state index contributed by atoms with van der Waals surface area (Å²) in [6.07, 6.45) is 3.12. The lowest BCUT2D eigenvalue weighted by Crippen LogP contribution is -2.76. The number of nitrogens with one attached hydrogen (secondary N) is 1. The summed E-state index contributed by atoms with van der Waals surface area (Å²) in [5.41, 5.74) is 11.1. The number of hydrogen-bond acceptors (Lipinski definition) is 13. The highest BCUT2D eigenvalue weighted by Gasteiger charge is 2.58. The molecule has 46 heavy (non-hydrogen) atoms. The number of thiazole rings is 1. The molecule has 3 heterocycles. The van der Waals surface area contributed by atoms with Gasteiger partial charge < -0.3 is 31.5 Å². The van der Waals surface area contributed by atoms with Gasteiger partial charge in [0, 0.05) is 5.38 Å². The topological polar surface area (TPSA) is 255 Å². The second kappa shape index (κ2) is 13.8. The van der Waals surface area contributed by atoms with Crippen molar-refractivity contribution in [3.8, 4) is 16.9 Å². The SMILES string of the molecule is C[n+]1cc(-c2ccc(OC[C@H](O/N=C(/C(=O)NC3C(=O)N(OS(=O)(=O)O)C3(C)C)c3csc(N)n3)C(=O)O)cc2)cn1CCCN. The number of β-lactam (4-membered cyclic amide) rings is 1. The first kappa shape index (κ1) is 34.2. The molecule has 18 nitrogen and oxygen atoms in total. The number of carboxylic acids is 1. The monoisotopic (exact) mass is 681 g/mol. The van der Waals surface area contributed by atoms with E-state index in [0.717, 1.165) is 35.4 Å². The minimum absolute atomic E-state index is 0.0609. The number of oxime groups is 1. The van der Waals surface area contributed by atoms with Gasteiger partial charge in [-0.2, -0.15) is 18.2 Å². The summed E-state index contributed by atoms with van der Waals surface area (Å²) in [5.74, 6) is -3.11. The number of nitrogen functional groups attached to an aromatic ring is 1. The zero-order valence-electron chi connectivity index (χ0n) is 24.9. The molecule has 1 aliphatic rings. The zero-order valence-corrected chi connectivity index (χ0v) is 26.5. The van der Waals surface area contributed by atoms with Gasteiger partial charge in [-0.25, -0.2) is 9.78 Å². The third-order valence-corrected chi connectivity index (χ3v) is 7.86. The molecule has 4 rings (SSSR count). The number of aryl methyl sites for hydroxylation is 2. The van der Waals surface area contributed by atoms with E-state index in [1.165, 1.54) is 19.2 Å². The Bertz CT molecular complexity index is 1740. The number of aliphatic carboxylic acids is 1. The average Bonchev–Trinajstić information content (AvgIpc) is 3.59. The predicted molar refractivity (Wildman–Crippen MR) is 161 cm³/mol. The van der Waals surface area contributed by atoms with E-state index < -0.39 is 58.2 Å². The summed E-state index contributed by atoms with van der Waals surface area (Å²) in [7, 11) is -3.09. The summed E-state index contributed by atoms with van der Waals surface area (Å²) in [5, 5.41) is 17.6. The number of benzene rings is 1. The van der Waals surface area contributed by atoms with Crippen LogP contribution in [0.3, 0.4) is 0 Å². The molecule has 7 N–H and O–H groups in total. The van der Waals surface area contributed by atoms with E-state index in [9.17, 15) is 27.9 Å². The molecular formula is C26H33N8O10S2+. The first-order valence-corrected chi connectivity index (χ1v) is 15.8. The summed E-state index contributed by atoms with van der Waals surface area (Å²) < 4.78 is 45.0. The Balaban J connectivity index is 1.44. The smallest absolute Gasteiger partial charge is 0.418 e. The fourth-order valence-electron chi connectivity index (χ4n) is 4.38. The van der Waals surface area contributed by atoms with Crippen LogP contribution in [-0.4, -0.2) is 87.1 Å². The maximum Gasteiger partial charge on any atom is 0.418 e. The van der Waals surface area contributed by atoms with Crippen LogP contribution in [0, 0.1) is 0 Å². The number of hydrogen-bond donors (Lipinski definition) is 5. The third kappa shape index (κ3) is 7.95. The minimum atomic E-state index is -5.01. The second-order valence-corrected chi connectivity index (χ2v) is 12.5. The van der Waals surface area contributed by atoms with E-state index in [0.29, 0.717) is 17.4 Å². The number of anilines is 1. The standard InChI is InChI=1S/C26H32N8O10S2/c1-26(2)21(23(36)34(26)44-46(39,40)41)30-22(35)20(18-14-45-25(28)29-18)31-43-19(24(37)38)13-42-17-7-5-15(6-8-17)16-11-32(3)33(12-16)10-4-9-27/h5-8,11-12,14,19,21H,4,9-10,13,27H2,1-3H3,(H4-,28,29,30,35,37,38,39,40,41)/p+1/b31-20+/t19-,21?/m0/s1. The molecule has 0 aliphatic carbocycles. The fourth-order valence-corrected chi connectivity index (χ4v) is 5.39. The number of carboxylic acid groups (broad SMARTS) is 1. The van der Waals surface area contributed by atoms with Gasteiger partial charge in [-0.15, -0.1) is 20.3 Å². The van der Waals surface area contributed by atoms with Crippen LogP contribution in [-0.2, 0) is 47.5 Å². The molecule has 1 fully saturated rings. The highest BCUT2D eigenvalue weighted by Crippen LogP contribution is 2.33. The van der Waals surface area contributed by atoms with Crippen molar-refractivity contribution >= 4 is 50.4 Å². The van der Waals surface area contributed by atoms with Crippen LogP contribution in [0.1, 0.15) is 26.0 Å². The molecular weight excluding hydrogens is 648 g/mol. The van der Waals surface area contributed by atoms with E-state index >= 15 is 0 Å². The molecule has 248 valence electrons. The first-order valence-electron chi connectivity index (χ1n) is 13.6. The normalized spacial score (nSPS) is 16.9. The van der Waals surface area contributed by atoms with Crippen LogP contribution in [0.5, 0.6) is 5.75 Å². The van der Waals surface area contributed by atoms with Crippen molar-refractivity contribution in [3.63, 3.8) is 0 Å². The number of ether oxygens (including phenoxy) is 1. The Morgan fingerprint density at radius 2 is 1.96 bits per heavy atom. The Labute approximate surface area is 267 Å². The van der Waals surface area contributed by atoms with Crippen molar-refractivity contribution in [3.05, 3.63) is 47.7 Å². The number of aromatic nitrogens is 3. The number of nitrogens with zero attached hydrogens (tertiary/aromatic N) is 5. The van der Waals surface area contributed by atoms with Gasteiger partial charge in [-0.05, 0) is 44.5 Å². The predicted octanol–water partition coefficient (Wildman–Crippen LogP) is -0.540. The molecule has 0 bridgehead atoms. The summed E-state index contributed by atoms with van der Waals surface area (Å²) >= 11 is 0.961. The largest absolute Gasteiger partial charge is 0.489 e. The average molecular weight is 682 g/mol. The van der Waals surface area contributed by atoms with Crippen molar-refractivity contribution in [2.24, 2.45) is 17.9 Å². The third-order valence-electron chi connectivity index (χ3n) is 6.85. The molecule has 2 aromatic heterocycles. The van der Waals surface area contributed by atoms with Gasteiger partial charge in [-0.3, -0.25) is 14.1 Å². The highest BCUT2D eigenvalue weighted by molar-refractivity contribution is 7.80. The number of rotatable bonds is 15. The number of carbonyl (C=O) groups excluding carboxylic acids is 2. The molecule has 1 aliphatic heterocycles. The Hall–Kier alpha value is -4.63. The van der Waals surface area contributed by atoms with Gasteiger partial charge in [0.1, 0.15) is 24.1 Å². The van der Waals surface area contributed by atoms with Crippen LogP contribution in [0.15, 0.2) is 47.2 Å². The lowest BCUT2D eigenvalue weighted by Gasteiger charge is -2.50. The molecule has 0 radical (unpaired) electrons. The van der Waals surface area contributed by atoms with Crippen molar-refractivity contribution < 1.29 is 51.0 Å². The highest BCUT2D eigenvalue weighted by atomic mass is 32.3. The lowest BCUT2D eigenvalue weighted by molar-refractivity contribution is -0.753. The Morgan fingerprint density at radius 1 is 1.26 bits per heavy atom. The van der Waals surface area contributed by atoms with Gasteiger partial charge >= 0.3 is 16.4 Å². The molecule has 0 saturated carbocycles. The molecule has 20 heteroatoms. The summed E-state index contributed by atoms with van der Waals surface area (Å²) in [6, 6.07) is 5.63. The Morgan fingerprint density at radius 3 is 2.52 bits per heavy atom. The summed E-state index contributed by atoms with van der Waals surface area (Å²) in [6.45, 7) is 3.59. The summed E-state index contributed by atoms with van der Waals surface area (Å²) in [4.78, 5) is 46.8. The van der Waals surface area contributed by atoms with Crippen LogP contribution in [0.25, 0.3) is 11.1 Å². The molecule has 2 atom stereocenters. The number of carbonyl (C=O) groups is 3. The van der Waals surface area contributed by atoms with Crippen LogP contribution >= 0.6 is 11.3 Å². The van der Waals surface area contributed by atoms with Crippen molar-refractivity contribution in [1.29, 1.82) is 0 Å². The molecule has 0 spiro atoms. The van der Waals surface area contributed by atoms with E-state index in [4.69, 9.17) is 25.6 Å². The number of hydroxylamine groups is 2. The molecule has 1 unspecified atom stereocenters. The lowest BCUT2D eigenvalue weighted by atomic mass is 9.84. The van der Waals surface area contributed by atoms with Gasteiger partial charge in [-0.1, -0.05) is 17.3 Å². The molecule has 1 saturated heterocycles. The van der Waals surface area contributed by atoms with Crippen LogP contribution < -0.4 is 26.2 Å². The van der Waals surface area contributed by atoms with Crippen molar-refractivity contribution in [2.45, 2.75) is 44.5 Å². The van der Waals surface area contributed by atoms with Gasteiger partial charge in [0.05, 0.1) is 23.8 Å². The van der Waals surface area contributed by atoms with Gasteiger partial charge in [0.2, 0.25) is 6.20 Å². The maximum absolute atomic E-state index is 13.2. The van der Waals surface area contributed by atoms with E-state index in [1.54, 1.807) is 12.1 Å². The first-order chi connectivity index (χ1) is 21.6. The van der Waals surface area contributed by atoms with E-state index in [2.05, 4.69) is 19.7 Å². The fraction of sp³-hybridized carbons (Fsp3) is 0.385. The van der Waals surface area contributed by atoms with E-state index in [-0.39, 0.29) is 10.8 Å². The van der Waals surface area contributed by atoms with Crippen LogP contribution in [0.4, 0.5) is 5.13 Å². The maximum atomic E-state index is 13.2. The number of nitrogens with two attached hydrogens (primary N) is 2. The van der Waals surface area contributed by atoms with E-state index in [1.807, 2.05) is 40.9 Å². The molecule has 1 aromatic carbocycles. The molecule has 2 amide bonds. The minimum Gasteiger partial charge on any atom is -0.489 e. The van der Waals surface area contributed by atoms with Crippen molar-refractivity contribution in [2.75, 3.05) is 18.9 Å². The van der Waals surface area contributed by atoms with Crippen LogP contribution in [0.2, 0.25) is 0 Å². The number of amides is 2. The molecule has 3 aromatic rings. The van der Waals surface area contributed by atoms with Gasteiger partial charge in [0.25, 0.3) is 17.9 Å². The van der Waals surface area contributed by atoms with Crippen molar-refractivity contribution in [1.82, 2.24) is 20.0 Å². The Kier molecular flexibility index (Phi) is 10.3.